The number of hydrogen-bond donors (Lipinski definition) is 2. The van der Waals surface area contributed by atoms with Crippen LogP contribution in [0.15, 0.2) is 35.7 Å². The minimum Gasteiger partial charge on any atom is -0.350 e. The molecule has 0 aliphatic rings. The lowest BCUT2D eigenvalue weighted by atomic mass is 10.1. The number of H-pyrrole nitrogens is 1. The molecule has 9 heteroatoms. The van der Waals surface area contributed by atoms with E-state index in [9.17, 15) is 13.6 Å². The van der Waals surface area contributed by atoms with Crippen molar-refractivity contribution in [2.24, 2.45) is 0 Å². The molecule has 3 rings (SSSR count). The highest BCUT2D eigenvalue weighted by atomic mass is 32.1. The number of amides is 1. The smallest absolute Gasteiger partial charge is 0.222 e. The molecule has 2 N–H and O–H groups in total. The second-order valence-electron chi connectivity index (χ2n) is 5.69. The van der Waals surface area contributed by atoms with Gasteiger partial charge in [0.25, 0.3) is 0 Å². The summed E-state index contributed by atoms with van der Waals surface area (Å²) in [6.07, 6.45) is 0.181. The van der Waals surface area contributed by atoms with Crippen molar-refractivity contribution in [1.82, 2.24) is 20.1 Å². The van der Waals surface area contributed by atoms with Crippen molar-refractivity contribution >= 4 is 29.5 Å². The number of nitrogens with one attached hydrogen (secondary N) is 2. The van der Waals surface area contributed by atoms with Crippen molar-refractivity contribution in [2.45, 2.75) is 25.9 Å². The van der Waals surface area contributed by atoms with E-state index in [-0.39, 0.29) is 12.3 Å². The number of carbonyl (C=O) groups is 1. The molecule has 0 bridgehead atoms. The molecule has 0 fully saturated rings. The summed E-state index contributed by atoms with van der Waals surface area (Å²) >= 11 is 6.76. The van der Waals surface area contributed by atoms with Crippen molar-refractivity contribution in [3.63, 3.8) is 0 Å². The molecule has 1 aromatic carbocycles. The van der Waals surface area contributed by atoms with Crippen LogP contribution in [0.2, 0.25) is 0 Å². The van der Waals surface area contributed by atoms with E-state index in [4.69, 9.17) is 12.2 Å². The molecular formula is C17H16F2N4OS2. The third kappa shape index (κ3) is 4.05. The number of hydrogen-bond acceptors (Lipinski definition) is 4. The van der Waals surface area contributed by atoms with E-state index in [1.165, 1.54) is 17.4 Å². The number of carbonyl (C=O) groups excluding carboxylic acids is 1. The second kappa shape index (κ2) is 7.88. The number of nitrogens with zero attached hydrogens (tertiary/aromatic N) is 2. The molecule has 1 unspecified atom stereocenters. The van der Waals surface area contributed by atoms with Gasteiger partial charge in [-0.25, -0.2) is 8.78 Å². The van der Waals surface area contributed by atoms with Crippen molar-refractivity contribution in [3.8, 4) is 10.7 Å². The Labute approximate surface area is 157 Å². The minimum atomic E-state index is -0.936. The summed E-state index contributed by atoms with van der Waals surface area (Å²) in [4.78, 5) is 13.2. The lowest BCUT2D eigenvalue weighted by molar-refractivity contribution is -0.121. The van der Waals surface area contributed by atoms with Gasteiger partial charge >= 0.3 is 0 Å². The van der Waals surface area contributed by atoms with Crippen LogP contribution >= 0.6 is 23.6 Å². The van der Waals surface area contributed by atoms with E-state index in [0.29, 0.717) is 22.7 Å². The molecule has 0 spiro atoms. The fourth-order valence-electron chi connectivity index (χ4n) is 2.51. The molecule has 0 aliphatic heterocycles. The Hall–Kier alpha value is -2.39. The number of halogens is 2. The molecule has 1 atom stereocenters. The quantitative estimate of drug-likeness (QED) is 0.616. The molecular weight excluding hydrogens is 378 g/mol. The zero-order valence-electron chi connectivity index (χ0n) is 13.8. The average molecular weight is 394 g/mol. The normalized spacial score (nSPS) is 12.1. The number of aromatic amines is 1. The van der Waals surface area contributed by atoms with Gasteiger partial charge in [0.15, 0.2) is 22.2 Å². The molecule has 0 saturated carbocycles. The van der Waals surface area contributed by atoms with Gasteiger partial charge in [0, 0.05) is 13.0 Å². The first-order valence-corrected chi connectivity index (χ1v) is 9.18. The first kappa shape index (κ1) is 18.4. The molecule has 3 aromatic rings. The van der Waals surface area contributed by atoms with Crippen LogP contribution in [0.1, 0.15) is 24.9 Å². The number of benzene rings is 1. The fraction of sp³-hybridized carbons (Fsp3) is 0.235. The zero-order chi connectivity index (χ0) is 18.7. The van der Waals surface area contributed by atoms with Crippen LogP contribution in [0.3, 0.4) is 0 Å². The Morgan fingerprint density at radius 1 is 1.38 bits per heavy atom. The Morgan fingerprint density at radius 3 is 2.88 bits per heavy atom. The summed E-state index contributed by atoms with van der Waals surface area (Å²) in [5, 5.41) is 11.7. The fourth-order valence-corrected chi connectivity index (χ4v) is 3.46. The lowest BCUT2D eigenvalue weighted by Gasteiger charge is -2.15. The third-order valence-electron chi connectivity index (χ3n) is 3.88. The van der Waals surface area contributed by atoms with Gasteiger partial charge in [-0.05, 0) is 48.3 Å². The summed E-state index contributed by atoms with van der Waals surface area (Å²) in [5.41, 5.74) is 0.497. The maximum atomic E-state index is 13.3. The molecule has 5 nitrogen and oxygen atoms in total. The minimum absolute atomic E-state index is 0.181. The van der Waals surface area contributed by atoms with Crippen LogP contribution in [0.5, 0.6) is 0 Å². The van der Waals surface area contributed by atoms with Gasteiger partial charge in [-0.3, -0.25) is 14.5 Å². The number of aromatic nitrogens is 3. The highest BCUT2D eigenvalue weighted by molar-refractivity contribution is 7.71. The summed E-state index contributed by atoms with van der Waals surface area (Å²) in [6.45, 7) is 2.07. The summed E-state index contributed by atoms with van der Waals surface area (Å²) in [7, 11) is 0. The molecule has 0 aliphatic carbocycles. The Bertz CT molecular complexity index is 966. The highest BCUT2D eigenvalue weighted by Gasteiger charge is 2.14. The molecule has 0 radical (unpaired) electrons. The van der Waals surface area contributed by atoms with Crippen LogP contribution in [-0.2, 0) is 11.3 Å². The molecule has 2 aromatic heterocycles. The largest absolute Gasteiger partial charge is 0.350 e. The van der Waals surface area contributed by atoms with E-state index in [1.54, 1.807) is 11.5 Å². The van der Waals surface area contributed by atoms with Crippen molar-refractivity contribution in [2.75, 3.05) is 0 Å². The van der Waals surface area contributed by atoms with E-state index < -0.39 is 17.7 Å². The lowest BCUT2D eigenvalue weighted by Crippen LogP contribution is -2.27. The predicted molar refractivity (Wildman–Crippen MR) is 98.3 cm³/mol. The Balaban J connectivity index is 1.64. The zero-order valence-corrected chi connectivity index (χ0v) is 15.5. The Kier molecular flexibility index (Phi) is 5.58. The maximum Gasteiger partial charge on any atom is 0.222 e. The van der Waals surface area contributed by atoms with Gasteiger partial charge < -0.3 is 5.32 Å². The van der Waals surface area contributed by atoms with Gasteiger partial charge in [0.1, 0.15) is 0 Å². The first-order chi connectivity index (χ1) is 12.5. The van der Waals surface area contributed by atoms with Gasteiger partial charge in [-0.15, -0.1) is 11.3 Å². The number of rotatable bonds is 6. The first-order valence-electron chi connectivity index (χ1n) is 7.89. The summed E-state index contributed by atoms with van der Waals surface area (Å²) < 4.78 is 28.5. The average Bonchev–Trinajstić information content (AvgIpc) is 3.25. The van der Waals surface area contributed by atoms with E-state index in [1.807, 2.05) is 17.5 Å². The van der Waals surface area contributed by atoms with Crippen molar-refractivity contribution < 1.29 is 13.6 Å². The van der Waals surface area contributed by atoms with Crippen LogP contribution in [0.25, 0.3) is 10.7 Å². The molecule has 136 valence electrons. The van der Waals surface area contributed by atoms with Crippen LogP contribution in [-0.4, -0.2) is 20.7 Å². The molecule has 1 amide bonds. The van der Waals surface area contributed by atoms with Gasteiger partial charge in [-0.2, -0.15) is 5.10 Å². The Morgan fingerprint density at radius 2 is 2.19 bits per heavy atom. The third-order valence-corrected chi connectivity index (χ3v) is 5.06. The van der Waals surface area contributed by atoms with E-state index in [0.717, 1.165) is 17.0 Å². The van der Waals surface area contributed by atoms with Crippen LogP contribution in [0, 0.1) is 16.4 Å². The van der Waals surface area contributed by atoms with Gasteiger partial charge in [0.05, 0.1) is 10.9 Å². The maximum absolute atomic E-state index is 13.3. The van der Waals surface area contributed by atoms with Crippen LogP contribution in [0.4, 0.5) is 8.78 Å². The highest BCUT2D eigenvalue weighted by Crippen LogP contribution is 2.23. The predicted octanol–water partition coefficient (Wildman–Crippen LogP) is 4.21. The van der Waals surface area contributed by atoms with Crippen molar-refractivity contribution in [3.05, 3.63) is 57.7 Å². The molecule has 2 heterocycles. The molecule has 0 saturated heterocycles. The second-order valence-corrected chi connectivity index (χ2v) is 7.03. The SMILES string of the molecule is CC(NC(=O)CCn1c(-c2cccs2)n[nH]c1=S)c1ccc(F)c(F)c1. The van der Waals surface area contributed by atoms with Gasteiger partial charge in [0.2, 0.25) is 5.91 Å². The topological polar surface area (TPSA) is 62.7 Å². The van der Waals surface area contributed by atoms with Gasteiger partial charge in [-0.1, -0.05) is 12.1 Å². The summed E-state index contributed by atoms with van der Waals surface area (Å²) in [6, 6.07) is 6.99. The van der Waals surface area contributed by atoms with E-state index in [2.05, 4.69) is 15.5 Å². The standard InChI is InChI=1S/C17H16F2N4OS2/c1-10(11-4-5-12(18)13(19)9-11)20-15(24)6-7-23-16(21-22-17(23)25)14-3-2-8-26-14/h2-5,8-10H,6-7H2,1H3,(H,20,24)(H,22,25). The van der Waals surface area contributed by atoms with E-state index >= 15 is 0 Å². The number of thiophene rings is 1. The monoisotopic (exact) mass is 394 g/mol. The van der Waals surface area contributed by atoms with Crippen molar-refractivity contribution in [1.29, 1.82) is 0 Å². The van der Waals surface area contributed by atoms with Crippen LogP contribution < -0.4 is 5.32 Å². The molecule has 26 heavy (non-hydrogen) atoms. The summed E-state index contributed by atoms with van der Waals surface area (Å²) in [5.74, 6) is -1.38.